The number of hydrogen-bond acceptors (Lipinski definition) is 4. The molecule has 114 valence electrons. The van der Waals surface area contributed by atoms with Gasteiger partial charge in [0.25, 0.3) is 0 Å². The van der Waals surface area contributed by atoms with E-state index in [1.54, 1.807) is 22.9 Å². The van der Waals surface area contributed by atoms with Crippen LogP contribution in [-0.4, -0.2) is 21.4 Å². The van der Waals surface area contributed by atoms with Crippen molar-refractivity contribution >= 4 is 0 Å². The van der Waals surface area contributed by atoms with Crippen LogP contribution >= 0.6 is 0 Å². The molecule has 21 heavy (non-hydrogen) atoms. The summed E-state index contributed by atoms with van der Waals surface area (Å²) in [5.41, 5.74) is 6.65. The molecule has 7 heteroatoms. The Bertz CT molecular complexity index is 574. The highest BCUT2D eigenvalue weighted by atomic mass is 19.3. The van der Waals surface area contributed by atoms with Gasteiger partial charge >= 0.3 is 6.61 Å². The summed E-state index contributed by atoms with van der Waals surface area (Å²) in [5, 5.41) is 4.12. The standard InChI is InChI=1S/C14H18F2N4O/c1-2-7-20-13(18-9-19-20)8-11(17)10-5-3-4-6-12(10)21-14(15)16/h3-6,9,11,14H,2,7-8,17H2,1H3. The largest absolute Gasteiger partial charge is 0.434 e. The van der Waals surface area contributed by atoms with Gasteiger partial charge in [-0.25, -0.2) is 4.98 Å². The first-order valence-electron chi connectivity index (χ1n) is 6.77. The summed E-state index contributed by atoms with van der Waals surface area (Å²) in [6.45, 7) is -0.0869. The number of rotatable bonds is 7. The van der Waals surface area contributed by atoms with Crippen LogP contribution in [0.15, 0.2) is 30.6 Å². The zero-order valence-electron chi connectivity index (χ0n) is 11.7. The van der Waals surface area contributed by atoms with Gasteiger partial charge < -0.3 is 10.5 Å². The van der Waals surface area contributed by atoms with Crippen molar-refractivity contribution in [2.75, 3.05) is 0 Å². The number of aryl methyl sites for hydroxylation is 1. The fourth-order valence-corrected chi connectivity index (χ4v) is 2.14. The van der Waals surface area contributed by atoms with Gasteiger partial charge in [-0.1, -0.05) is 25.1 Å². The number of ether oxygens (including phenoxy) is 1. The van der Waals surface area contributed by atoms with E-state index in [0.717, 1.165) is 18.8 Å². The van der Waals surface area contributed by atoms with Gasteiger partial charge in [-0.2, -0.15) is 13.9 Å². The molecule has 0 saturated heterocycles. The molecule has 1 aromatic heterocycles. The summed E-state index contributed by atoms with van der Waals surface area (Å²) in [7, 11) is 0. The highest BCUT2D eigenvalue weighted by Gasteiger charge is 2.17. The Morgan fingerprint density at radius 2 is 2.10 bits per heavy atom. The molecule has 1 heterocycles. The lowest BCUT2D eigenvalue weighted by molar-refractivity contribution is -0.0506. The van der Waals surface area contributed by atoms with Crippen LogP contribution in [-0.2, 0) is 13.0 Å². The molecule has 1 atom stereocenters. The Morgan fingerprint density at radius 3 is 2.81 bits per heavy atom. The van der Waals surface area contributed by atoms with Crippen molar-refractivity contribution in [1.82, 2.24) is 14.8 Å². The molecule has 0 fully saturated rings. The van der Waals surface area contributed by atoms with E-state index in [1.807, 2.05) is 6.92 Å². The first-order valence-corrected chi connectivity index (χ1v) is 6.77. The Labute approximate surface area is 121 Å². The summed E-state index contributed by atoms with van der Waals surface area (Å²) in [6.07, 6.45) is 2.81. The van der Waals surface area contributed by atoms with Crippen molar-refractivity contribution < 1.29 is 13.5 Å². The fraction of sp³-hybridized carbons (Fsp3) is 0.429. The summed E-state index contributed by atoms with van der Waals surface area (Å²) in [6, 6.07) is 6.05. The Morgan fingerprint density at radius 1 is 1.33 bits per heavy atom. The van der Waals surface area contributed by atoms with Gasteiger partial charge in [0.2, 0.25) is 0 Å². The molecule has 0 aliphatic rings. The minimum absolute atomic E-state index is 0.0987. The zero-order chi connectivity index (χ0) is 15.2. The van der Waals surface area contributed by atoms with Gasteiger partial charge in [0, 0.05) is 24.6 Å². The molecule has 0 amide bonds. The molecule has 2 rings (SSSR count). The smallest absolute Gasteiger partial charge is 0.387 e. The van der Waals surface area contributed by atoms with Gasteiger partial charge in [-0.3, -0.25) is 4.68 Å². The van der Waals surface area contributed by atoms with Crippen LogP contribution in [0.2, 0.25) is 0 Å². The number of para-hydroxylation sites is 1. The van der Waals surface area contributed by atoms with Crippen molar-refractivity contribution in [2.24, 2.45) is 5.73 Å². The third kappa shape index (κ3) is 3.98. The fourth-order valence-electron chi connectivity index (χ4n) is 2.14. The van der Waals surface area contributed by atoms with Gasteiger partial charge in [0.15, 0.2) is 0 Å². The Balaban J connectivity index is 2.16. The Hall–Kier alpha value is -2.02. The minimum atomic E-state index is -2.87. The molecular formula is C14H18F2N4O. The van der Waals surface area contributed by atoms with Gasteiger partial charge in [-0.15, -0.1) is 0 Å². The van der Waals surface area contributed by atoms with E-state index in [9.17, 15) is 8.78 Å². The maximum atomic E-state index is 12.4. The molecule has 1 aromatic carbocycles. The first kappa shape index (κ1) is 15.4. The van der Waals surface area contributed by atoms with Crippen LogP contribution in [0, 0.1) is 0 Å². The van der Waals surface area contributed by atoms with Crippen LogP contribution in [0.5, 0.6) is 5.75 Å². The van der Waals surface area contributed by atoms with E-state index in [1.165, 1.54) is 12.4 Å². The minimum Gasteiger partial charge on any atom is -0.434 e. The summed E-state index contributed by atoms with van der Waals surface area (Å²) in [4.78, 5) is 4.17. The van der Waals surface area contributed by atoms with E-state index in [-0.39, 0.29) is 5.75 Å². The maximum Gasteiger partial charge on any atom is 0.387 e. The van der Waals surface area contributed by atoms with Crippen molar-refractivity contribution in [3.63, 3.8) is 0 Å². The SMILES string of the molecule is CCCn1ncnc1CC(N)c1ccccc1OC(F)F. The lowest BCUT2D eigenvalue weighted by atomic mass is 10.0. The Kier molecular flexibility index (Phi) is 5.21. The number of aromatic nitrogens is 3. The van der Waals surface area contributed by atoms with Gasteiger partial charge in [0.05, 0.1) is 0 Å². The van der Waals surface area contributed by atoms with Crippen molar-refractivity contribution in [3.05, 3.63) is 42.0 Å². The number of hydrogen-bond donors (Lipinski definition) is 1. The summed E-state index contributed by atoms with van der Waals surface area (Å²) in [5.74, 6) is 0.831. The lowest BCUT2D eigenvalue weighted by Crippen LogP contribution is -2.18. The quantitative estimate of drug-likeness (QED) is 0.852. The molecular weight excluding hydrogens is 278 g/mol. The van der Waals surface area contributed by atoms with Crippen LogP contribution in [0.3, 0.4) is 0 Å². The van der Waals surface area contributed by atoms with E-state index >= 15 is 0 Å². The first-order chi connectivity index (χ1) is 10.1. The molecule has 5 nitrogen and oxygen atoms in total. The molecule has 2 aromatic rings. The second-order valence-corrected chi connectivity index (χ2v) is 4.63. The normalized spacial score (nSPS) is 12.6. The highest BCUT2D eigenvalue weighted by molar-refractivity contribution is 5.36. The van der Waals surface area contributed by atoms with E-state index in [0.29, 0.717) is 12.0 Å². The van der Waals surface area contributed by atoms with Crippen LogP contribution in [0.1, 0.15) is 30.8 Å². The van der Waals surface area contributed by atoms with Gasteiger partial charge in [-0.05, 0) is 12.5 Å². The summed E-state index contributed by atoms with van der Waals surface area (Å²) < 4.78 is 31.1. The number of nitrogens with zero attached hydrogens (tertiary/aromatic N) is 3. The van der Waals surface area contributed by atoms with Crippen LogP contribution in [0.25, 0.3) is 0 Å². The zero-order valence-corrected chi connectivity index (χ0v) is 11.7. The number of nitrogens with two attached hydrogens (primary N) is 1. The third-order valence-electron chi connectivity index (χ3n) is 3.07. The monoisotopic (exact) mass is 296 g/mol. The average Bonchev–Trinajstić information content (AvgIpc) is 2.86. The second-order valence-electron chi connectivity index (χ2n) is 4.63. The highest BCUT2D eigenvalue weighted by Crippen LogP contribution is 2.26. The molecule has 0 saturated carbocycles. The molecule has 0 aliphatic heterocycles. The molecule has 0 spiro atoms. The van der Waals surface area contributed by atoms with Crippen LogP contribution < -0.4 is 10.5 Å². The number of halogens is 2. The third-order valence-corrected chi connectivity index (χ3v) is 3.07. The van der Waals surface area contributed by atoms with Gasteiger partial charge in [0.1, 0.15) is 17.9 Å². The average molecular weight is 296 g/mol. The predicted molar refractivity (Wildman–Crippen MR) is 74.0 cm³/mol. The second kappa shape index (κ2) is 7.12. The molecule has 0 aliphatic carbocycles. The van der Waals surface area contributed by atoms with Crippen molar-refractivity contribution in [2.45, 2.75) is 39.0 Å². The van der Waals surface area contributed by atoms with Crippen LogP contribution in [0.4, 0.5) is 8.78 Å². The molecule has 2 N–H and O–H groups in total. The van der Waals surface area contributed by atoms with E-state index < -0.39 is 12.7 Å². The molecule has 1 unspecified atom stereocenters. The lowest BCUT2D eigenvalue weighted by Gasteiger charge is -2.16. The molecule has 0 bridgehead atoms. The summed E-state index contributed by atoms with van der Waals surface area (Å²) >= 11 is 0. The van der Waals surface area contributed by atoms with Crippen molar-refractivity contribution in [3.8, 4) is 5.75 Å². The number of alkyl halides is 2. The topological polar surface area (TPSA) is 66.0 Å². The number of benzene rings is 1. The van der Waals surface area contributed by atoms with E-state index in [2.05, 4.69) is 14.8 Å². The maximum absolute atomic E-state index is 12.4. The predicted octanol–water partition coefficient (Wildman–Crippen LogP) is 2.53. The van der Waals surface area contributed by atoms with Crippen molar-refractivity contribution in [1.29, 1.82) is 0 Å². The van der Waals surface area contributed by atoms with E-state index in [4.69, 9.17) is 5.73 Å². The molecule has 0 radical (unpaired) electrons.